The average Bonchev–Trinajstić information content (AvgIpc) is 2.78. The standard InChI is InChI=1S/C22H27BrN4O5/c23-17-13-25-19(28)12-16(17)21(29)27-18(22(30)31)8-11-32-10-2-1-5-15-7-6-14-4-3-9-24-20(14)26-15/h6-7,12-13,18H,1-5,8-11H2,(H,24,26)(H,25,28)(H,27,29)(H,30,31)/t18-/m0/s1. The molecule has 32 heavy (non-hydrogen) atoms. The van der Waals surface area contributed by atoms with E-state index in [2.05, 4.69) is 48.7 Å². The summed E-state index contributed by atoms with van der Waals surface area (Å²) >= 11 is 3.17. The molecule has 172 valence electrons. The molecule has 0 aromatic carbocycles. The minimum Gasteiger partial charge on any atom is -0.493 e. The summed E-state index contributed by atoms with van der Waals surface area (Å²) in [5, 5.41) is 24.6. The molecule has 1 aliphatic rings. The summed E-state index contributed by atoms with van der Waals surface area (Å²) in [6.45, 7) is 1.69. The van der Waals surface area contributed by atoms with Gasteiger partial charge < -0.3 is 25.6 Å². The third kappa shape index (κ3) is 6.89. The van der Waals surface area contributed by atoms with Crippen LogP contribution >= 0.6 is 15.9 Å². The van der Waals surface area contributed by atoms with Crippen LogP contribution in [0, 0.1) is 0 Å². The van der Waals surface area contributed by atoms with Gasteiger partial charge in [-0.05, 0) is 59.7 Å². The summed E-state index contributed by atoms with van der Waals surface area (Å²) in [5.41, 5.74) is 2.44. The number of aromatic nitrogens is 2. The Kier molecular flexibility index (Phi) is 8.81. The van der Waals surface area contributed by atoms with Crippen LogP contribution in [0.2, 0.25) is 0 Å². The fourth-order valence-corrected chi connectivity index (χ4v) is 3.81. The van der Waals surface area contributed by atoms with Crippen LogP contribution in [0.1, 0.15) is 47.3 Å². The van der Waals surface area contributed by atoms with Crippen LogP contribution in [0.15, 0.2) is 28.9 Å². The molecule has 2 aromatic heterocycles. The number of carbonyl (C=O) groups excluding carboxylic acids is 1. The lowest BCUT2D eigenvalue weighted by Gasteiger charge is -2.17. The van der Waals surface area contributed by atoms with E-state index in [0.29, 0.717) is 11.1 Å². The molecule has 0 saturated carbocycles. The van der Waals surface area contributed by atoms with E-state index >= 15 is 0 Å². The Morgan fingerprint density at radius 1 is 1.28 bits per heavy atom. The van der Waals surface area contributed by atoms with Gasteiger partial charge in [-0.25, -0.2) is 14.8 Å². The second-order valence-electron chi connectivity index (χ2n) is 7.59. The number of nitrogens with zero attached hydrogens (tertiary/aromatic N) is 2. The molecule has 0 saturated heterocycles. The van der Waals surface area contributed by atoms with Crippen molar-refractivity contribution in [3.05, 3.63) is 45.7 Å². The molecule has 0 aliphatic carbocycles. The van der Waals surface area contributed by atoms with Crippen molar-refractivity contribution in [2.75, 3.05) is 25.1 Å². The van der Waals surface area contributed by atoms with Gasteiger partial charge in [0.25, 0.3) is 5.91 Å². The number of fused-ring (bicyclic) bond motifs is 1. The number of aryl methyl sites for hydroxylation is 2. The fraction of sp³-hybridized carbons (Fsp3) is 0.455. The van der Waals surface area contributed by atoms with E-state index < -0.39 is 17.9 Å². The van der Waals surface area contributed by atoms with Gasteiger partial charge in [0.2, 0.25) is 5.88 Å². The number of halogens is 1. The number of hydrogen-bond donors (Lipinski definition) is 4. The highest BCUT2D eigenvalue weighted by Gasteiger charge is 2.22. The van der Waals surface area contributed by atoms with Gasteiger partial charge in [0.05, 0.1) is 5.56 Å². The Hall–Kier alpha value is -2.72. The Balaban J connectivity index is 1.35. The Bertz CT molecular complexity index is 956. The number of amides is 1. The number of ether oxygens (including phenoxy) is 1. The number of aromatic hydroxyl groups is 1. The first-order valence-electron chi connectivity index (χ1n) is 10.6. The van der Waals surface area contributed by atoms with Crippen molar-refractivity contribution in [3.63, 3.8) is 0 Å². The van der Waals surface area contributed by atoms with Gasteiger partial charge in [0, 0.05) is 48.6 Å². The third-order valence-corrected chi connectivity index (χ3v) is 5.80. The molecule has 3 rings (SSSR count). The van der Waals surface area contributed by atoms with E-state index in [1.165, 1.54) is 17.8 Å². The van der Waals surface area contributed by atoms with E-state index in [-0.39, 0.29) is 24.5 Å². The normalized spacial score (nSPS) is 13.7. The number of carboxylic acids is 1. The van der Waals surface area contributed by atoms with Crippen LogP contribution in [0.3, 0.4) is 0 Å². The van der Waals surface area contributed by atoms with Crippen molar-refractivity contribution in [1.29, 1.82) is 0 Å². The van der Waals surface area contributed by atoms with Crippen molar-refractivity contribution in [2.24, 2.45) is 0 Å². The summed E-state index contributed by atoms with van der Waals surface area (Å²) in [4.78, 5) is 32.1. The highest BCUT2D eigenvalue weighted by Crippen LogP contribution is 2.21. The summed E-state index contributed by atoms with van der Waals surface area (Å²) in [5.74, 6) is -1.09. The summed E-state index contributed by atoms with van der Waals surface area (Å²) in [6.07, 6.45) is 6.24. The molecule has 0 spiro atoms. The number of pyridine rings is 2. The number of hydrogen-bond acceptors (Lipinski definition) is 7. The molecule has 0 unspecified atom stereocenters. The van der Waals surface area contributed by atoms with Crippen LogP contribution < -0.4 is 10.6 Å². The van der Waals surface area contributed by atoms with E-state index in [9.17, 15) is 19.8 Å². The molecule has 1 amide bonds. The number of anilines is 1. The van der Waals surface area contributed by atoms with Gasteiger partial charge in [0.15, 0.2) is 0 Å². The van der Waals surface area contributed by atoms with E-state index in [4.69, 9.17) is 4.74 Å². The van der Waals surface area contributed by atoms with Gasteiger partial charge in [-0.3, -0.25) is 4.79 Å². The lowest BCUT2D eigenvalue weighted by Crippen LogP contribution is -2.41. The van der Waals surface area contributed by atoms with Gasteiger partial charge in [-0.2, -0.15) is 0 Å². The van der Waals surface area contributed by atoms with Gasteiger partial charge in [0.1, 0.15) is 11.9 Å². The van der Waals surface area contributed by atoms with Gasteiger partial charge in [-0.15, -0.1) is 0 Å². The third-order valence-electron chi connectivity index (χ3n) is 5.16. The first kappa shape index (κ1) is 23.9. The van der Waals surface area contributed by atoms with Crippen LogP contribution in [-0.4, -0.2) is 57.9 Å². The second-order valence-corrected chi connectivity index (χ2v) is 8.44. The predicted molar refractivity (Wildman–Crippen MR) is 122 cm³/mol. The largest absolute Gasteiger partial charge is 0.493 e. The maximum absolute atomic E-state index is 12.3. The monoisotopic (exact) mass is 506 g/mol. The smallest absolute Gasteiger partial charge is 0.326 e. The SMILES string of the molecule is O=C(N[C@@H](CCOCCCCc1ccc2c(n1)NCCC2)C(=O)O)c1cc(O)ncc1Br. The van der Waals surface area contributed by atoms with Gasteiger partial charge >= 0.3 is 5.97 Å². The Morgan fingerprint density at radius 2 is 2.12 bits per heavy atom. The van der Waals surface area contributed by atoms with Crippen molar-refractivity contribution in [2.45, 2.75) is 44.6 Å². The van der Waals surface area contributed by atoms with Crippen LogP contribution in [0.5, 0.6) is 5.88 Å². The predicted octanol–water partition coefficient (Wildman–Crippen LogP) is 2.92. The molecule has 10 heteroatoms. The molecule has 1 aliphatic heterocycles. The van der Waals surface area contributed by atoms with Crippen LogP contribution in [-0.2, 0) is 22.4 Å². The lowest BCUT2D eigenvalue weighted by molar-refractivity contribution is -0.139. The first-order chi connectivity index (χ1) is 15.4. The molecule has 4 N–H and O–H groups in total. The molecule has 0 bridgehead atoms. The van der Waals surface area contributed by atoms with Crippen molar-refractivity contribution < 1.29 is 24.5 Å². The Morgan fingerprint density at radius 3 is 2.94 bits per heavy atom. The molecule has 9 nitrogen and oxygen atoms in total. The maximum atomic E-state index is 12.3. The van der Waals surface area contributed by atoms with E-state index in [1.807, 2.05) is 0 Å². The molecule has 0 radical (unpaired) electrons. The van der Waals surface area contributed by atoms with Crippen molar-refractivity contribution in [3.8, 4) is 5.88 Å². The molecule has 1 atom stereocenters. The minimum atomic E-state index is -1.15. The number of carboxylic acid groups (broad SMARTS) is 1. The molecule has 0 fully saturated rings. The van der Waals surface area contributed by atoms with E-state index in [1.54, 1.807) is 0 Å². The number of nitrogens with one attached hydrogen (secondary N) is 2. The quantitative estimate of drug-likeness (QED) is 0.341. The van der Waals surface area contributed by atoms with Gasteiger partial charge in [-0.1, -0.05) is 6.07 Å². The zero-order valence-corrected chi connectivity index (χ0v) is 19.2. The number of rotatable bonds is 11. The topological polar surface area (TPSA) is 134 Å². The number of aliphatic carboxylic acids is 1. The van der Waals surface area contributed by atoms with E-state index in [0.717, 1.165) is 50.2 Å². The summed E-state index contributed by atoms with van der Waals surface area (Å²) in [6, 6.07) is 4.29. The van der Waals surface area contributed by atoms with Crippen LogP contribution in [0.4, 0.5) is 5.82 Å². The molecular formula is C22H27BrN4O5. The fourth-order valence-electron chi connectivity index (χ4n) is 3.42. The van der Waals surface area contributed by atoms with Crippen molar-refractivity contribution >= 4 is 33.6 Å². The zero-order valence-electron chi connectivity index (χ0n) is 17.6. The minimum absolute atomic E-state index is 0.107. The summed E-state index contributed by atoms with van der Waals surface area (Å²) < 4.78 is 5.92. The summed E-state index contributed by atoms with van der Waals surface area (Å²) in [7, 11) is 0. The number of carbonyl (C=O) groups is 2. The molecular weight excluding hydrogens is 480 g/mol. The maximum Gasteiger partial charge on any atom is 0.326 e. The average molecular weight is 507 g/mol. The highest BCUT2D eigenvalue weighted by molar-refractivity contribution is 9.10. The number of unbranched alkanes of at least 4 members (excludes halogenated alkanes) is 1. The first-order valence-corrected chi connectivity index (χ1v) is 11.4. The second kappa shape index (κ2) is 11.8. The lowest BCUT2D eigenvalue weighted by atomic mass is 10.1. The van der Waals surface area contributed by atoms with Crippen molar-refractivity contribution in [1.82, 2.24) is 15.3 Å². The zero-order chi connectivity index (χ0) is 22.9. The highest BCUT2D eigenvalue weighted by atomic mass is 79.9. The Labute approximate surface area is 194 Å². The van der Waals surface area contributed by atoms with Crippen LogP contribution in [0.25, 0.3) is 0 Å². The molecule has 3 heterocycles. The molecule has 2 aromatic rings.